The third kappa shape index (κ3) is 9.22. The van der Waals surface area contributed by atoms with E-state index in [0.717, 1.165) is 13.8 Å². The highest BCUT2D eigenvalue weighted by molar-refractivity contribution is 7.47. The molecule has 5 N–H and O–H groups in total. The summed E-state index contributed by atoms with van der Waals surface area (Å²) in [6, 6.07) is 0. The standard InChI is InChI=1S/C15H28O14P2/c1-7-8(2)14(28-30(20,21)22)13(19)15(12(7)18)29-31(23,24)26-6-11(27-10(4)17)5-25-9(3)16/h7-8,11-15,18-19H,5-6H2,1-4H3,(H,23,24)(H2,20,21,22)/t7?,8?,11-,12?,13?,14?,15?/m1/s1. The first-order valence-electron chi connectivity index (χ1n) is 9.10. The number of hydrogen-bond donors (Lipinski definition) is 5. The van der Waals surface area contributed by atoms with Crippen LogP contribution in [0.5, 0.6) is 0 Å². The maximum absolute atomic E-state index is 12.3. The van der Waals surface area contributed by atoms with Gasteiger partial charge in [-0.2, -0.15) is 0 Å². The molecule has 0 heterocycles. The van der Waals surface area contributed by atoms with Gasteiger partial charge < -0.3 is 34.4 Å². The lowest BCUT2D eigenvalue weighted by Gasteiger charge is -2.45. The van der Waals surface area contributed by atoms with Gasteiger partial charge >= 0.3 is 27.6 Å². The molecule has 0 saturated heterocycles. The number of phosphoric ester groups is 2. The van der Waals surface area contributed by atoms with E-state index in [1.54, 1.807) is 0 Å². The summed E-state index contributed by atoms with van der Waals surface area (Å²) in [6.45, 7) is 3.85. The zero-order valence-corrected chi connectivity index (χ0v) is 19.0. The van der Waals surface area contributed by atoms with Gasteiger partial charge in [-0.1, -0.05) is 13.8 Å². The largest absolute Gasteiger partial charge is 0.472 e. The van der Waals surface area contributed by atoms with Crippen LogP contribution in [0.2, 0.25) is 0 Å². The molecule has 0 radical (unpaired) electrons. The fourth-order valence-electron chi connectivity index (χ4n) is 2.97. The smallest absolute Gasteiger partial charge is 0.462 e. The van der Waals surface area contributed by atoms with Crippen molar-refractivity contribution in [1.82, 2.24) is 0 Å². The second-order valence-corrected chi connectivity index (χ2v) is 9.73. The Balaban J connectivity index is 2.90. The maximum Gasteiger partial charge on any atom is 0.472 e. The van der Waals surface area contributed by atoms with Crippen LogP contribution < -0.4 is 0 Å². The molecule has 14 nitrogen and oxygen atoms in total. The average molecular weight is 494 g/mol. The molecule has 0 aromatic rings. The molecule has 0 bridgehead atoms. The summed E-state index contributed by atoms with van der Waals surface area (Å²) in [4.78, 5) is 50.1. The second-order valence-electron chi connectivity index (χ2n) is 7.13. The fourth-order valence-corrected chi connectivity index (χ4v) is 4.58. The number of hydrogen-bond acceptors (Lipinski definition) is 11. The van der Waals surface area contributed by atoms with Crippen LogP contribution >= 0.6 is 15.6 Å². The van der Waals surface area contributed by atoms with Gasteiger partial charge in [0.15, 0.2) is 6.10 Å². The molecule has 1 aliphatic carbocycles. The SMILES string of the molecule is CC(=O)OC[C@H](COP(=O)(O)OC1C(O)C(C)C(C)C(OP(=O)(O)O)C1O)OC(C)=O. The minimum absolute atomic E-state index is 0.476. The van der Waals surface area contributed by atoms with Crippen LogP contribution in [0.3, 0.4) is 0 Å². The highest BCUT2D eigenvalue weighted by Crippen LogP contribution is 2.50. The van der Waals surface area contributed by atoms with E-state index in [1.807, 2.05) is 0 Å². The quantitative estimate of drug-likeness (QED) is 0.191. The zero-order chi connectivity index (χ0) is 24.1. The van der Waals surface area contributed by atoms with Gasteiger partial charge in [0.05, 0.1) is 12.7 Å². The molecule has 182 valence electrons. The summed E-state index contributed by atoms with van der Waals surface area (Å²) in [7, 11) is -10.0. The first-order chi connectivity index (χ1) is 14.0. The lowest BCUT2D eigenvalue weighted by molar-refractivity contribution is -0.171. The normalized spacial score (nSPS) is 32.0. The van der Waals surface area contributed by atoms with E-state index in [2.05, 4.69) is 9.26 Å². The minimum Gasteiger partial charge on any atom is -0.462 e. The molecule has 31 heavy (non-hydrogen) atoms. The third-order valence-electron chi connectivity index (χ3n) is 4.64. The lowest BCUT2D eigenvalue weighted by Crippen LogP contribution is -2.58. The molecule has 16 heteroatoms. The van der Waals surface area contributed by atoms with Crippen LogP contribution in [0.15, 0.2) is 0 Å². The van der Waals surface area contributed by atoms with Crippen LogP contribution in [0, 0.1) is 11.8 Å². The predicted octanol–water partition coefficient (Wildman–Crippen LogP) is -0.531. The molecule has 0 spiro atoms. The van der Waals surface area contributed by atoms with Gasteiger partial charge in [0.25, 0.3) is 0 Å². The molecular formula is C15H28O14P2. The van der Waals surface area contributed by atoms with Crippen LogP contribution in [0.1, 0.15) is 27.7 Å². The number of carbonyl (C=O) groups is 2. The topological polar surface area (TPSA) is 216 Å². The number of phosphoric acid groups is 2. The van der Waals surface area contributed by atoms with Gasteiger partial charge in [-0.25, -0.2) is 9.13 Å². The summed E-state index contributed by atoms with van der Waals surface area (Å²) < 4.78 is 47.1. The maximum atomic E-state index is 12.3. The van der Waals surface area contributed by atoms with Gasteiger partial charge in [-0.15, -0.1) is 0 Å². The molecular weight excluding hydrogens is 466 g/mol. The van der Waals surface area contributed by atoms with Crippen molar-refractivity contribution in [3.05, 3.63) is 0 Å². The summed E-state index contributed by atoms with van der Waals surface area (Å²) in [5, 5.41) is 20.7. The molecule has 1 saturated carbocycles. The Hall–Kier alpha value is -0.920. The molecule has 1 aliphatic rings. The van der Waals surface area contributed by atoms with Crippen LogP contribution in [0.25, 0.3) is 0 Å². The van der Waals surface area contributed by atoms with Gasteiger partial charge in [0, 0.05) is 13.8 Å². The van der Waals surface area contributed by atoms with E-state index < -0.39 is 83.2 Å². The van der Waals surface area contributed by atoms with E-state index in [4.69, 9.17) is 23.6 Å². The van der Waals surface area contributed by atoms with E-state index >= 15 is 0 Å². The van der Waals surface area contributed by atoms with Crippen LogP contribution in [0.4, 0.5) is 0 Å². The predicted molar refractivity (Wildman–Crippen MR) is 100 cm³/mol. The van der Waals surface area contributed by atoms with Gasteiger partial charge in [0.2, 0.25) is 0 Å². The van der Waals surface area contributed by atoms with Crippen LogP contribution in [-0.4, -0.2) is 80.6 Å². The van der Waals surface area contributed by atoms with Crippen molar-refractivity contribution in [3.63, 3.8) is 0 Å². The number of aliphatic hydroxyl groups excluding tert-OH is 2. The summed E-state index contributed by atoms with van der Waals surface area (Å²) >= 11 is 0. The van der Waals surface area contributed by atoms with Crippen molar-refractivity contribution in [3.8, 4) is 0 Å². The summed E-state index contributed by atoms with van der Waals surface area (Å²) in [5.74, 6) is -3.00. The molecule has 7 unspecified atom stereocenters. The van der Waals surface area contributed by atoms with Gasteiger partial charge in [-0.3, -0.25) is 23.2 Å². The van der Waals surface area contributed by atoms with Crippen molar-refractivity contribution in [2.75, 3.05) is 13.2 Å². The summed E-state index contributed by atoms with van der Waals surface area (Å²) in [5.41, 5.74) is 0. The Morgan fingerprint density at radius 1 is 0.871 bits per heavy atom. The first kappa shape index (κ1) is 28.1. The second kappa shape index (κ2) is 11.3. The van der Waals surface area contributed by atoms with Crippen LogP contribution in [-0.2, 0) is 41.8 Å². The Bertz CT molecular complexity index is 723. The average Bonchev–Trinajstić information content (AvgIpc) is 2.62. The molecule has 0 aliphatic heterocycles. The molecule has 8 atom stereocenters. The molecule has 0 amide bonds. The number of ether oxygens (including phenoxy) is 2. The molecule has 1 fully saturated rings. The Morgan fingerprint density at radius 3 is 1.94 bits per heavy atom. The minimum atomic E-state index is -5.04. The first-order valence-corrected chi connectivity index (χ1v) is 12.1. The van der Waals surface area contributed by atoms with Crippen molar-refractivity contribution in [2.45, 2.75) is 58.2 Å². The highest BCUT2D eigenvalue weighted by Gasteiger charge is 2.51. The third-order valence-corrected chi connectivity index (χ3v) is 6.14. The fraction of sp³-hybridized carbons (Fsp3) is 0.867. The van der Waals surface area contributed by atoms with Gasteiger partial charge in [-0.05, 0) is 11.8 Å². The summed E-state index contributed by atoms with van der Waals surface area (Å²) in [6.07, 6.45) is -8.00. The number of esters is 2. The number of aliphatic hydroxyl groups is 2. The number of carbonyl (C=O) groups excluding carboxylic acids is 2. The number of rotatable bonds is 10. The van der Waals surface area contributed by atoms with Crippen molar-refractivity contribution in [1.29, 1.82) is 0 Å². The Labute approximate surface area is 178 Å². The Morgan fingerprint density at radius 2 is 1.45 bits per heavy atom. The van der Waals surface area contributed by atoms with Gasteiger partial charge in [0.1, 0.15) is 24.9 Å². The van der Waals surface area contributed by atoms with Crippen molar-refractivity contribution in [2.24, 2.45) is 11.8 Å². The van der Waals surface area contributed by atoms with Crippen molar-refractivity contribution >= 4 is 27.6 Å². The molecule has 0 aromatic carbocycles. The Kier molecular flexibility index (Phi) is 10.2. The zero-order valence-electron chi connectivity index (χ0n) is 17.3. The highest BCUT2D eigenvalue weighted by atomic mass is 31.2. The monoisotopic (exact) mass is 494 g/mol. The van der Waals surface area contributed by atoms with E-state index in [9.17, 15) is 33.8 Å². The van der Waals surface area contributed by atoms with Crippen molar-refractivity contribution < 1.29 is 66.7 Å². The molecule has 1 rings (SSSR count). The van der Waals surface area contributed by atoms with E-state index in [-0.39, 0.29) is 0 Å². The lowest BCUT2D eigenvalue weighted by atomic mass is 9.74. The van der Waals surface area contributed by atoms with E-state index in [1.165, 1.54) is 13.8 Å². The van der Waals surface area contributed by atoms with E-state index in [0.29, 0.717) is 0 Å². The molecule has 0 aromatic heterocycles.